The standard InChI is InChI=1S/C12H12ClNO2/c1-2-16-8-12(15)11(7-14)9-3-5-10(13)6-4-9/h3-6,15H,2,8H2,1H3/b12-11-. The van der Waals surface area contributed by atoms with Crippen molar-refractivity contribution in [1.29, 1.82) is 5.26 Å². The van der Waals surface area contributed by atoms with Crippen LogP contribution in [0.1, 0.15) is 12.5 Å². The number of allylic oxidation sites excluding steroid dienone is 1. The monoisotopic (exact) mass is 237 g/mol. The molecule has 0 saturated heterocycles. The second kappa shape index (κ2) is 6.16. The Bertz CT molecular complexity index is 418. The Kier molecular flexibility index (Phi) is 4.84. The highest BCUT2D eigenvalue weighted by Gasteiger charge is 2.07. The fraction of sp³-hybridized carbons (Fsp3) is 0.250. The molecular formula is C12H12ClNO2. The predicted molar refractivity (Wildman–Crippen MR) is 63.1 cm³/mol. The summed E-state index contributed by atoms with van der Waals surface area (Å²) in [5, 5.41) is 19.2. The molecule has 0 aliphatic carbocycles. The summed E-state index contributed by atoms with van der Waals surface area (Å²) in [5.41, 5.74) is 0.842. The number of aliphatic hydroxyl groups excluding tert-OH is 1. The van der Waals surface area contributed by atoms with Crippen LogP contribution in [0.2, 0.25) is 5.02 Å². The Morgan fingerprint density at radius 2 is 2.06 bits per heavy atom. The van der Waals surface area contributed by atoms with Gasteiger partial charge < -0.3 is 9.84 Å². The fourth-order valence-corrected chi connectivity index (χ4v) is 1.31. The minimum Gasteiger partial charge on any atom is -0.508 e. The van der Waals surface area contributed by atoms with Gasteiger partial charge in [0.25, 0.3) is 0 Å². The number of hydrogen-bond acceptors (Lipinski definition) is 3. The SMILES string of the molecule is CCOC/C(O)=C(\C#N)c1ccc(Cl)cc1. The average molecular weight is 238 g/mol. The van der Waals surface area contributed by atoms with Crippen LogP contribution >= 0.6 is 11.6 Å². The van der Waals surface area contributed by atoms with E-state index in [-0.39, 0.29) is 17.9 Å². The molecule has 3 nitrogen and oxygen atoms in total. The van der Waals surface area contributed by atoms with E-state index < -0.39 is 0 Å². The largest absolute Gasteiger partial charge is 0.508 e. The minimum absolute atomic E-state index is 0.0437. The quantitative estimate of drug-likeness (QED) is 0.646. The molecule has 0 radical (unpaired) electrons. The number of hydrogen-bond donors (Lipinski definition) is 1. The van der Waals surface area contributed by atoms with Gasteiger partial charge in [0.2, 0.25) is 0 Å². The van der Waals surface area contributed by atoms with Crippen molar-refractivity contribution >= 4 is 17.2 Å². The van der Waals surface area contributed by atoms with Gasteiger partial charge in [-0.2, -0.15) is 5.26 Å². The van der Waals surface area contributed by atoms with Crippen molar-refractivity contribution in [1.82, 2.24) is 0 Å². The van der Waals surface area contributed by atoms with E-state index >= 15 is 0 Å². The van der Waals surface area contributed by atoms with Crippen LogP contribution < -0.4 is 0 Å². The maximum Gasteiger partial charge on any atom is 0.136 e. The molecule has 0 fully saturated rings. The van der Waals surface area contributed by atoms with Crippen molar-refractivity contribution in [2.24, 2.45) is 0 Å². The topological polar surface area (TPSA) is 53.2 Å². The van der Waals surface area contributed by atoms with Crippen LogP contribution in [-0.4, -0.2) is 18.3 Å². The van der Waals surface area contributed by atoms with Gasteiger partial charge in [-0.05, 0) is 24.6 Å². The van der Waals surface area contributed by atoms with Gasteiger partial charge in [0.05, 0.1) is 5.57 Å². The molecule has 0 bridgehead atoms. The summed E-state index contributed by atoms with van der Waals surface area (Å²) in [6, 6.07) is 8.66. The Labute approximate surface area is 99.5 Å². The lowest BCUT2D eigenvalue weighted by Gasteiger charge is -2.04. The molecule has 0 aliphatic rings. The van der Waals surface area contributed by atoms with E-state index in [1.807, 2.05) is 13.0 Å². The number of ether oxygens (including phenoxy) is 1. The van der Waals surface area contributed by atoms with Gasteiger partial charge in [-0.25, -0.2) is 0 Å². The van der Waals surface area contributed by atoms with Gasteiger partial charge in [-0.3, -0.25) is 0 Å². The molecule has 0 amide bonds. The lowest BCUT2D eigenvalue weighted by Crippen LogP contribution is -2.00. The number of halogens is 1. The second-order valence-electron chi connectivity index (χ2n) is 3.08. The summed E-state index contributed by atoms with van der Waals surface area (Å²) in [6.07, 6.45) is 0. The van der Waals surface area contributed by atoms with E-state index in [0.717, 1.165) is 0 Å². The molecule has 84 valence electrons. The highest BCUT2D eigenvalue weighted by Crippen LogP contribution is 2.19. The molecule has 0 aliphatic heterocycles. The van der Waals surface area contributed by atoms with Gasteiger partial charge >= 0.3 is 0 Å². The molecule has 0 atom stereocenters. The number of aliphatic hydroxyl groups is 1. The lowest BCUT2D eigenvalue weighted by molar-refractivity contribution is 0.141. The smallest absolute Gasteiger partial charge is 0.136 e. The predicted octanol–water partition coefficient (Wildman–Crippen LogP) is 3.17. The Morgan fingerprint density at radius 1 is 1.44 bits per heavy atom. The molecular weight excluding hydrogens is 226 g/mol. The number of nitrogens with zero attached hydrogens (tertiary/aromatic N) is 1. The van der Waals surface area contributed by atoms with Crippen LogP contribution in [0.25, 0.3) is 5.57 Å². The summed E-state index contributed by atoms with van der Waals surface area (Å²) in [5.74, 6) is -0.0633. The fourth-order valence-electron chi connectivity index (χ4n) is 1.18. The number of nitriles is 1. The minimum atomic E-state index is -0.0633. The molecule has 0 heterocycles. The van der Waals surface area contributed by atoms with Crippen LogP contribution in [0.3, 0.4) is 0 Å². The highest BCUT2D eigenvalue weighted by atomic mass is 35.5. The van der Waals surface area contributed by atoms with Gasteiger partial charge in [0.1, 0.15) is 18.4 Å². The first-order valence-corrected chi connectivity index (χ1v) is 5.22. The first-order valence-electron chi connectivity index (χ1n) is 4.85. The average Bonchev–Trinajstić information content (AvgIpc) is 2.30. The molecule has 1 aromatic rings. The molecule has 4 heteroatoms. The molecule has 0 aromatic heterocycles. The molecule has 16 heavy (non-hydrogen) atoms. The van der Waals surface area contributed by atoms with Gasteiger partial charge in [0.15, 0.2) is 0 Å². The maximum atomic E-state index is 9.66. The summed E-state index contributed by atoms with van der Waals surface area (Å²) in [7, 11) is 0. The zero-order valence-electron chi connectivity index (χ0n) is 8.90. The maximum absolute atomic E-state index is 9.66. The second-order valence-corrected chi connectivity index (χ2v) is 3.51. The zero-order valence-corrected chi connectivity index (χ0v) is 9.66. The van der Waals surface area contributed by atoms with Crippen LogP contribution in [0.5, 0.6) is 0 Å². The highest BCUT2D eigenvalue weighted by molar-refractivity contribution is 6.30. The Balaban J connectivity index is 2.98. The summed E-state index contributed by atoms with van der Waals surface area (Å²) < 4.78 is 5.04. The summed E-state index contributed by atoms with van der Waals surface area (Å²) in [6.45, 7) is 2.35. The molecule has 1 N–H and O–H groups in total. The zero-order chi connectivity index (χ0) is 12.0. The third-order valence-corrected chi connectivity index (χ3v) is 2.23. The van der Waals surface area contributed by atoms with E-state index in [1.54, 1.807) is 24.3 Å². The Morgan fingerprint density at radius 3 is 2.56 bits per heavy atom. The number of benzene rings is 1. The van der Waals surface area contributed by atoms with Crippen molar-refractivity contribution < 1.29 is 9.84 Å². The van der Waals surface area contributed by atoms with Gasteiger partial charge in [-0.1, -0.05) is 23.7 Å². The van der Waals surface area contributed by atoms with Crippen LogP contribution in [0.4, 0.5) is 0 Å². The number of rotatable bonds is 4. The van der Waals surface area contributed by atoms with E-state index in [4.69, 9.17) is 21.6 Å². The van der Waals surface area contributed by atoms with E-state index in [1.165, 1.54) is 0 Å². The molecule has 0 saturated carbocycles. The lowest BCUT2D eigenvalue weighted by atomic mass is 10.1. The van der Waals surface area contributed by atoms with Gasteiger partial charge in [-0.15, -0.1) is 0 Å². The summed E-state index contributed by atoms with van der Waals surface area (Å²) >= 11 is 5.74. The third kappa shape index (κ3) is 3.27. The van der Waals surface area contributed by atoms with Crippen LogP contribution in [0, 0.1) is 11.3 Å². The van der Waals surface area contributed by atoms with Crippen molar-refractivity contribution in [2.45, 2.75) is 6.92 Å². The normalized spacial score (nSPS) is 11.8. The third-order valence-electron chi connectivity index (χ3n) is 1.98. The van der Waals surface area contributed by atoms with Crippen LogP contribution in [0.15, 0.2) is 30.0 Å². The molecule has 0 unspecified atom stereocenters. The van der Waals surface area contributed by atoms with Crippen LogP contribution in [-0.2, 0) is 4.74 Å². The Hall–Kier alpha value is -1.50. The van der Waals surface area contributed by atoms with E-state index in [9.17, 15) is 5.11 Å². The van der Waals surface area contributed by atoms with E-state index in [0.29, 0.717) is 17.2 Å². The first kappa shape index (κ1) is 12.6. The first-order chi connectivity index (χ1) is 7.69. The van der Waals surface area contributed by atoms with Crippen molar-refractivity contribution in [2.75, 3.05) is 13.2 Å². The molecule has 1 rings (SSSR count). The van der Waals surface area contributed by atoms with Crippen molar-refractivity contribution in [3.63, 3.8) is 0 Å². The van der Waals surface area contributed by atoms with E-state index in [2.05, 4.69) is 0 Å². The van der Waals surface area contributed by atoms with Crippen molar-refractivity contribution in [3.8, 4) is 6.07 Å². The van der Waals surface area contributed by atoms with Crippen molar-refractivity contribution in [3.05, 3.63) is 40.6 Å². The molecule has 1 aromatic carbocycles. The summed E-state index contributed by atoms with van der Waals surface area (Å²) in [4.78, 5) is 0. The van der Waals surface area contributed by atoms with Gasteiger partial charge in [0, 0.05) is 11.6 Å². The molecule has 0 spiro atoms.